The van der Waals surface area contributed by atoms with E-state index in [2.05, 4.69) is 0 Å². The van der Waals surface area contributed by atoms with Crippen LogP contribution in [0.2, 0.25) is 0 Å². The van der Waals surface area contributed by atoms with Gasteiger partial charge in [-0.15, -0.1) is 0 Å². The third-order valence-corrected chi connectivity index (χ3v) is 3.92. The Bertz CT molecular complexity index is 1000. The van der Waals surface area contributed by atoms with Gasteiger partial charge in [-0.25, -0.2) is 4.79 Å². The van der Waals surface area contributed by atoms with Crippen molar-refractivity contribution >= 4 is 16.9 Å². The van der Waals surface area contributed by atoms with Crippen LogP contribution in [0.1, 0.15) is 20.8 Å². The first-order valence-corrected chi connectivity index (χ1v) is 8.41. The Morgan fingerprint density at radius 3 is 2.54 bits per heavy atom. The summed E-state index contributed by atoms with van der Waals surface area (Å²) in [6, 6.07) is 15.6. The van der Waals surface area contributed by atoms with Crippen molar-refractivity contribution in [2.45, 2.75) is 26.4 Å². The normalized spacial score (nSPS) is 11.3. The average Bonchev–Trinajstić information content (AvgIpc) is 2.62. The molecule has 5 heteroatoms. The molecule has 0 radical (unpaired) electrons. The van der Waals surface area contributed by atoms with E-state index in [0.717, 1.165) is 0 Å². The molecule has 3 aromatic rings. The van der Waals surface area contributed by atoms with Gasteiger partial charge in [0.25, 0.3) is 0 Å². The minimum absolute atomic E-state index is 0.138. The Kier molecular flexibility index (Phi) is 4.80. The van der Waals surface area contributed by atoms with Crippen LogP contribution in [0.15, 0.2) is 63.8 Å². The minimum atomic E-state index is -1.18. The number of esters is 1. The maximum Gasteiger partial charge on any atom is 0.349 e. The molecular formula is C21H20O5. The number of rotatable bonds is 5. The van der Waals surface area contributed by atoms with Gasteiger partial charge >= 0.3 is 5.97 Å². The first kappa shape index (κ1) is 17.7. The van der Waals surface area contributed by atoms with E-state index < -0.39 is 11.6 Å². The van der Waals surface area contributed by atoms with Crippen LogP contribution in [-0.4, -0.2) is 18.2 Å². The van der Waals surface area contributed by atoms with E-state index in [1.807, 2.05) is 6.07 Å². The van der Waals surface area contributed by atoms with E-state index in [1.54, 1.807) is 63.2 Å². The monoisotopic (exact) mass is 352 g/mol. The maximum atomic E-state index is 12.4. The average molecular weight is 352 g/mol. The smallest absolute Gasteiger partial charge is 0.349 e. The summed E-state index contributed by atoms with van der Waals surface area (Å²) in [5.41, 5.74) is -0.230. The highest BCUT2D eigenvalue weighted by atomic mass is 16.6. The number of carbonyl (C=O) groups is 1. The number of hydrogen-bond acceptors (Lipinski definition) is 5. The van der Waals surface area contributed by atoms with Gasteiger partial charge in [-0.3, -0.25) is 4.79 Å². The topological polar surface area (TPSA) is 65.7 Å². The second kappa shape index (κ2) is 7.04. The summed E-state index contributed by atoms with van der Waals surface area (Å²) in [4.78, 5) is 24.5. The van der Waals surface area contributed by atoms with Crippen molar-refractivity contribution in [2.24, 2.45) is 0 Å². The Morgan fingerprint density at radius 1 is 1.08 bits per heavy atom. The van der Waals surface area contributed by atoms with Crippen molar-refractivity contribution in [3.05, 3.63) is 64.8 Å². The molecule has 5 nitrogen and oxygen atoms in total. The Labute approximate surface area is 151 Å². The zero-order valence-corrected chi connectivity index (χ0v) is 14.9. The van der Waals surface area contributed by atoms with Crippen molar-refractivity contribution in [1.82, 2.24) is 0 Å². The summed E-state index contributed by atoms with van der Waals surface area (Å²) in [6.45, 7) is 5.29. The lowest BCUT2D eigenvalue weighted by molar-refractivity contribution is -0.158. The van der Waals surface area contributed by atoms with Crippen LogP contribution >= 0.6 is 0 Å². The lowest BCUT2D eigenvalue weighted by Gasteiger charge is -2.25. The van der Waals surface area contributed by atoms with Crippen molar-refractivity contribution in [3.63, 3.8) is 0 Å². The third-order valence-electron chi connectivity index (χ3n) is 3.92. The van der Waals surface area contributed by atoms with Gasteiger partial charge in [-0.2, -0.15) is 0 Å². The number of benzene rings is 2. The van der Waals surface area contributed by atoms with Crippen molar-refractivity contribution in [1.29, 1.82) is 0 Å². The molecule has 0 unspecified atom stereocenters. The van der Waals surface area contributed by atoms with Crippen LogP contribution in [-0.2, 0) is 9.53 Å². The molecule has 3 rings (SSSR count). The van der Waals surface area contributed by atoms with Crippen molar-refractivity contribution < 1.29 is 18.7 Å². The van der Waals surface area contributed by atoms with Gasteiger partial charge in [0.05, 0.1) is 17.6 Å². The molecule has 0 saturated carbocycles. The van der Waals surface area contributed by atoms with Crippen LogP contribution in [0.25, 0.3) is 22.3 Å². The van der Waals surface area contributed by atoms with Gasteiger partial charge in [-0.1, -0.05) is 24.3 Å². The standard InChI is InChI=1S/C21H20O5/c1-4-24-20(23)21(2,3)26-18-12-8-6-10-15(18)19-13-16(22)14-9-5-7-11-17(14)25-19/h5-13H,4H2,1-3H3. The molecule has 0 aliphatic rings. The molecule has 0 aliphatic heterocycles. The molecule has 0 amide bonds. The Hall–Kier alpha value is -3.08. The summed E-state index contributed by atoms with van der Waals surface area (Å²) in [5, 5.41) is 0.515. The zero-order valence-electron chi connectivity index (χ0n) is 14.9. The molecule has 134 valence electrons. The highest BCUT2D eigenvalue weighted by Crippen LogP contribution is 2.33. The third kappa shape index (κ3) is 3.47. The van der Waals surface area contributed by atoms with Crippen LogP contribution in [0, 0.1) is 0 Å². The van der Waals surface area contributed by atoms with Crippen LogP contribution < -0.4 is 10.2 Å². The molecule has 0 bridgehead atoms. The van der Waals surface area contributed by atoms with Gasteiger partial charge in [-0.05, 0) is 45.0 Å². The van der Waals surface area contributed by atoms with E-state index in [9.17, 15) is 9.59 Å². The summed E-state index contributed by atoms with van der Waals surface area (Å²) in [7, 11) is 0. The number of ether oxygens (including phenoxy) is 2. The molecule has 1 aromatic heterocycles. The lowest BCUT2D eigenvalue weighted by atomic mass is 10.1. The molecule has 0 N–H and O–H groups in total. The highest BCUT2D eigenvalue weighted by Gasteiger charge is 2.32. The Morgan fingerprint density at radius 2 is 1.77 bits per heavy atom. The van der Waals surface area contributed by atoms with E-state index in [4.69, 9.17) is 13.9 Å². The Balaban J connectivity index is 2.05. The predicted octanol–water partition coefficient (Wildman–Crippen LogP) is 4.18. The SMILES string of the molecule is CCOC(=O)C(C)(C)Oc1ccccc1-c1cc(=O)c2ccccc2o1. The summed E-state index contributed by atoms with van der Waals surface area (Å²) >= 11 is 0. The molecule has 0 saturated heterocycles. The fourth-order valence-electron chi connectivity index (χ4n) is 2.62. The van der Waals surface area contributed by atoms with Crippen molar-refractivity contribution in [3.8, 4) is 17.1 Å². The zero-order chi connectivity index (χ0) is 18.7. The summed E-state index contributed by atoms with van der Waals surface area (Å²) < 4.78 is 16.9. The highest BCUT2D eigenvalue weighted by molar-refractivity contribution is 5.81. The van der Waals surface area contributed by atoms with Gasteiger partial charge in [0.15, 0.2) is 11.0 Å². The summed E-state index contributed by atoms with van der Waals surface area (Å²) in [6.07, 6.45) is 0. The first-order valence-electron chi connectivity index (χ1n) is 8.41. The molecule has 1 heterocycles. The maximum absolute atomic E-state index is 12.4. The largest absolute Gasteiger partial charge is 0.475 e. The van der Waals surface area contributed by atoms with Gasteiger partial charge in [0.1, 0.15) is 17.1 Å². The number of carbonyl (C=O) groups excluding carboxylic acids is 1. The molecular weight excluding hydrogens is 332 g/mol. The molecule has 2 aromatic carbocycles. The summed E-state index contributed by atoms with van der Waals surface area (Å²) in [5.74, 6) is 0.350. The second-order valence-corrected chi connectivity index (χ2v) is 6.30. The second-order valence-electron chi connectivity index (χ2n) is 6.30. The fraction of sp³-hybridized carbons (Fsp3) is 0.238. The molecule has 26 heavy (non-hydrogen) atoms. The van der Waals surface area contributed by atoms with Gasteiger partial charge in [0, 0.05) is 6.07 Å². The molecule has 0 atom stereocenters. The van der Waals surface area contributed by atoms with Crippen LogP contribution in [0.4, 0.5) is 0 Å². The number of fused-ring (bicyclic) bond motifs is 1. The van der Waals surface area contributed by atoms with Crippen LogP contribution in [0.5, 0.6) is 5.75 Å². The lowest BCUT2D eigenvalue weighted by Crippen LogP contribution is -2.39. The van der Waals surface area contributed by atoms with E-state index in [1.165, 1.54) is 6.07 Å². The first-order chi connectivity index (χ1) is 12.4. The van der Waals surface area contributed by atoms with E-state index >= 15 is 0 Å². The minimum Gasteiger partial charge on any atom is -0.475 e. The fourth-order valence-corrected chi connectivity index (χ4v) is 2.62. The molecule has 0 spiro atoms. The van der Waals surface area contributed by atoms with Gasteiger partial charge < -0.3 is 13.9 Å². The van der Waals surface area contributed by atoms with E-state index in [-0.39, 0.29) is 12.0 Å². The number of para-hydroxylation sites is 2. The molecule has 0 aliphatic carbocycles. The predicted molar refractivity (Wildman–Crippen MR) is 99.3 cm³/mol. The van der Waals surface area contributed by atoms with E-state index in [0.29, 0.717) is 28.0 Å². The number of hydrogen-bond donors (Lipinski definition) is 0. The van der Waals surface area contributed by atoms with Gasteiger partial charge in [0.2, 0.25) is 0 Å². The molecule has 0 fully saturated rings. The quantitative estimate of drug-likeness (QED) is 0.645. The van der Waals surface area contributed by atoms with Crippen molar-refractivity contribution in [2.75, 3.05) is 6.61 Å². The van der Waals surface area contributed by atoms with Crippen LogP contribution in [0.3, 0.4) is 0 Å².